The van der Waals surface area contributed by atoms with Crippen LogP contribution in [0.25, 0.3) is 16.9 Å². The number of amides is 1. The van der Waals surface area contributed by atoms with Crippen molar-refractivity contribution in [3.05, 3.63) is 87.6 Å². The van der Waals surface area contributed by atoms with Gasteiger partial charge in [0, 0.05) is 18.2 Å². The van der Waals surface area contributed by atoms with Crippen LogP contribution >= 0.6 is 0 Å². The minimum atomic E-state index is -4.28. The molecule has 1 amide bonds. The number of benzene rings is 2. The van der Waals surface area contributed by atoms with Crippen LogP contribution in [0, 0.1) is 0 Å². The van der Waals surface area contributed by atoms with Crippen LogP contribution in [-0.4, -0.2) is 39.8 Å². The predicted molar refractivity (Wildman–Crippen MR) is 112 cm³/mol. The van der Waals surface area contributed by atoms with E-state index in [9.17, 15) is 22.8 Å². The molecule has 160 valence electrons. The zero-order chi connectivity index (χ0) is 22.6. The van der Waals surface area contributed by atoms with Crippen molar-refractivity contribution in [2.75, 3.05) is 0 Å². The van der Waals surface area contributed by atoms with Gasteiger partial charge >= 0.3 is 5.97 Å². The summed E-state index contributed by atoms with van der Waals surface area (Å²) >= 11 is 0. The third-order valence-corrected chi connectivity index (χ3v) is 6.59. The second kappa shape index (κ2) is 6.89. The number of hydrogen-bond acceptors (Lipinski definition) is 6. The van der Waals surface area contributed by atoms with Gasteiger partial charge in [0.15, 0.2) is 0 Å². The number of rotatable bonds is 4. The molecule has 1 aliphatic rings. The Morgan fingerprint density at radius 2 is 1.81 bits per heavy atom. The summed E-state index contributed by atoms with van der Waals surface area (Å²) in [6, 6.07) is 12.0. The van der Waals surface area contributed by atoms with E-state index in [0.717, 1.165) is 41.1 Å². The van der Waals surface area contributed by atoms with E-state index in [-0.39, 0.29) is 21.8 Å². The van der Waals surface area contributed by atoms with Gasteiger partial charge in [-0.25, -0.2) is 22.9 Å². The Bertz CT molecular complexity index is 1600. The smallest absolute Gasteiger partial charge is 0.335 e. The summed E-state index contributed by atoms with van der Waals surface area (Å²) in [7, 11) is -4.28. The number of carbonyl (C=O) groups excluding carboxylic acids is 1. The molecule has 0 saturated heterocycles. The van der Waals surface area contributed by atoms with Crippen molar-refractivity contribution in [1.82, 2.24) is 19.1 Å². The minimum absolute atomic E-state index is 0.0232. The number of aromatic amines is 1. The third kappa shape index (κ3) is 3.06. The van der Waals surface area contributed by atoms with E-state index in [2.05, 4.69) is 9.97 Å². The molecule has 10 nitrogen and oxygen atoms in total. The summed E-state index contributed by atoms with van der Waals surface area (Å²) in [5, 5.41) is 8.93. The van der Waals surface area contributed by atoms with Crippen LogP contribution in [0.4, 0.5) is 0 Å². The van der Waals surface area contributed by atoms with Crippen molar-refractivity contribution in [2.45, 2.75) is 11.3 Å². The van der Waals surface area contributed by atoms with Crippen LogP contribution in [0.3, 0.4) is 0 Å². The van der Waals surface area contributed by atoms with Crippen molar-refractivity contribution < 1.29 is 23.1 Å². The van der Waals surface area contributed by atoms with Gasteiger partial charge < -0.3 is 10.1 Å². The Balaban J connectivity index is 1.50. The number of aromatic nitrogens is 3. The molecule has 4 aromatic rings. The van der Waals surface area contributed by atoms with Gasteiger partial charge in [0.05, 0.1) is 21.8 Å². The molecule has 11 heteroatoms. The van der Waals surface area contributed by atoms with E-state index in [1.807, 2.05) is 29.0 Å². The largest absolute Gasteiger partial charge is 0.478 e. The Hall–Kier alpha value is -4.25. The summed E-state index contributed by atoms with van der Waals surface area (Å²) in [6.07, 6.45) is 1.85. The molecule has 0 spiro atoms. The average molecular weight is 450 g/mol. The summed E-state index contributed by atoms with van der Waals surface area (Å²) in [4.78, 5) is 42.6. The van der Waals surface area contributed by atoms with Crippen LogP contribution < -0.4 is 10.3 Å². The van der Waals surface area contributed by atoms with Crippen molar-refractivity contribution in [3.8, 4) is 11.3 Å². The monoisotopic (exact) mass is 450 g/mol. The molecule has 0 radical (unpaired) electrons. The lowest BCUT2D eigenvalue weighted by atomic mass is 10.1. The Morgan fingerprint density at radius 1 is 1.09 bits per heavy atom. The molecule has 0 atom stereocenters. The number of nitrogens with zero attached hydrogens (tertiary/aromatic N) is 2. The number of aromatic carboxylic acids is 1. The molecule has 5 rings (SSSR count). The van der Waals surface area contributed by atoms with Gasteiger partial charge in [0.1, 0.15) is 5.69 Å². The first-order valence-electron chi connectivity index (χ1n) is 9.37. The molecule has 0 bridgehead atoms. The highest BCUT2D eigenvalue weighted by Crippen LogP contribution is 2.34. The summed E-state index contributed by atoms with van der Waals surface area (Å²) in [5.74, 6) is -2.22. The first-order valence-corrected chi connectivity index (χ1v) is 10.9. The second-order valence-corrected chi connectivity index (χ2v) is 8.88. The number of imidazole rings is 1. The third-order valence-electron chi connectivity index (χ3n) is 5.24. The number of carbonyl (C=O) groups is 2. The highest BCUT2D eigenvalue weighted by Gasteiger charge is 2.26. The van der Waals surface area contributed by atoms with E-state index < -0.39 is 27.5 Å². The molecule has 0 unspecified atom stereocenters. The lowest BCUT2D eigenvalue weighted by molar-refractivity contribution is 0.0696. The number of hydrogen-bond donors (Lipinski definition) is 3. The highest BCUT2D eigenvalue weighted by atomic mass is 32.2. The lowest BCUT2D eigenvalue weighted by Crippen LogP contribution is -2.30. The van der Waals surface area contributed by atoms with Gasteiger partial charge in [-0.3, -0.25) is 14.0 Å². The van der Waals surface area contributed by atoms with Gasteiger partial charge in [-0.05, 0) is 29.8 Å². The zero-order valence-corrected chi connectivity index (χ0v) is 17.0. The predicted octanol–water partition coefficient (Wildman–Crippen LogP) is 1.41. The SMILES string of the molecule is O=C(O)c1ccc(S(=O)(=O)NC(=O)c2cn3c4c([nH]c(=O)c3n2)-c2ccccc2C4)cc1. The van der Waals surface area contributed by atoms with Gasteiger partial charge in [-0.2, -0.15) is 0 Å². The van der Waals surface area contributed by atoms with Crippen molar-refractivity contribution in [3.63, 3.8) is 0 Å². The normalized spacial score (nSPS) is 12.4. The lowest BCUT2D eigenvalue weighted by Gasteiger charge is -2.05. The topological polar surface area (TPSA) is 151 Å². The number of H-pyrrole nitrogens is 1. The first kappa shape index (κ1) is 19.7. The van der Waals surface area contributed by atoms with Crippen LogP contribution in [0.1, 0.15) is 32.1 Å². The van der Waals surface area contributed by atoms with E-state index in [4.69, 9.17) is 5.11 Å². The van der Waals surface area contributed by atoms with Crippen molar-refractivity contribution >= 4 is 27.5 Å². The molecule has 0 fully saturated rings. The fourth-order valence-corrected chi connectivity index (χ4v) is 4.68. The van der Waals surface area contributed by atoms with Gasteiger partial charge in [-0.15, -0.1) is 0 Å². The van der Waals surface area contributed by atoms with E-state index in [1.165, 1.54) is 10.6 Å². The maximum absolute atomic E-state index is 12.6. The number of nitrogens with one attached hydrogen (secondary N) is 2. The van der Waals surface area contributed by atoms with Gasteiger partial charge in [0.2, 0.25) is 5.65 Å². The molecule has 0 aliphatic heterocycles. The molecule has 2 heterocycles. The minimum Gasteiger partial charge on any atom is -0.478 e. The van der Waals surface area contributed by atoms with Crippen LogP contribution in [0.15, 0.2) is 64.4 Å². The first-order chi connectivity index (χ1) is 15.2. The zero-order valence-electron chi connectivity index (χ0n) is 16.2. The van der Waals surface area contributed by atoms with E-state index in [1.54, 1.807) is 0 Å². The van der Waals surface area contributed by atoms with Crippen LogP contribution in [0.5, 0.6) is 0 Å². The number of carboxylic acids is 1. The summed E-state index contributed by atoms with van der Waals surface area (Å²) < 4.78 is 28.5. The number of sulfonamides is 1. The second-order valence-electron chi connectivity index (χ2n) is 7.19. The molecule has 1 aliphatic carbocycles. The quantitative estimate of drug-likeness (QED) is 0.374. The molecule has 0 saturated carbocycles. The molecule has 3 N–H and O–H groups in total. The van der Waals surface area contributed by atoms with Crippen molar-refractivity contribution in [2.24, 2.45) is 0 Å². The van der Waals surface area contributed by atoms with Crippen LogP contribution in [-0.2, 0) is 16.4 Å². The maximum atomic E-state index is 12.6. The Labute approximate surface area is 180 Å². The number of fused-ring (bicyclic) bond motifs is 5. The average Bonchev–Trinajstić information content (AvgIpc) is 3.36. The van der Waals surface area contributed by atoms with Gasteiger partial charge in [0.25, 0.3) is 21.5 Å². The Morgan fingerprint density at radius 3 is 2.53 bits per heavy atom. The van der Waals surface area contributed by atoms with Crippen LogP contribution in [0.2, 0.25) is 0 Å². The van der Waals surface area contributed by atoms with E-state index >= 15 is 0 Å². The highest BCUT2D eigenvalue weighted by molar-refractivity contribution is 7.90. The maximum Gasteiger partial charge on any atom is 0.335 e. The molecule has 2 aromatic carbocycles. The number of carboxylic acid groups (broad SMARTS) is 1. The van der Waals surface area contributed by atoms with Crippen molar-refractivity contribution in [1.29, 1.82) is 0 Å². The standard InChI is InChI=1S/C21H14N4O6S/c26-19(24-32(30,31)13-7-5-11(6-8-13)21(28)29)15-10-25-16-9-12-3-1-2-4-14(12)17(16)23-20(27)18(25)22-15/h1-8,10H,9H2,(H,23,27)(H,24,26)(H,28,29). The fourth-order valence-electron chi connectivity index (χ4n) is 3.72. The molecule has 2 aromatic heterocycles. The summed E-state index contributed by atoms with van der Waals surface area (Å²) in [5.41, 5.74) is 2.39. The molecule has 32 heavy (non-hydrogen) atoms. The van der Waals surface area contributed by atoms with E-state index in [0.29, 0.717) is 12.1 Å². The Kier molecular flexibility index (Phi) is 4.24. The molecular weight excluding hydrogens is 436 g/mol. The van der Waals surface area contributed by atoms with Gasteiger partial charge in [-0.1, -0.05) is 24.3 Å². The molecular formula is C21H14N4O6S. The summed E-state index contributed by atoms with van der Waals surface area (Å²) in [6.45, 7) is 0. The fraction of sp³-hybridized carbons (Fsp3) is 0.0476.